The zero-order valence-electron chi connectivity index (χ0n) is 72.1. The molecule has 20 aliphatic rings. The maximum absolute atomic E-state index is 12.9. The van der Waals surface area contributed by atoms with Gasteiger partial charge in [-0.1, -0.05) is 34.6 Å². The third-order valence-corrected chi connectivity index (χ3v) is 31.4. The summed E-state index contributed by atoms with van der Waals surface area (Å²) in [4.78, 5) is 160. The molecule has 13 aliphatic carbocycles. The summed E-state index contributed by atoms with van der Waals surface area (Å²) >= 11 is 0. The molecule has 0 aromatic heterocycles. The van der Waals surface area contributed by atoms with Crippen LogP contribution in [0.15, 0.2) is 0 Å². The Morgan fingerprint density at radius 3 is 1.41 bits per heavy atom. The van der Waals surface area contributed by atoms with E-state index in [1.54, 1.807) is 13.8 Å². The number of carbonyl (C=O) groups excluding carboxylic acids is 14. The molecular weight excluding hydrogens is 1750 g/mol. The predicted molar refractivity (Wildman–Crippen MR) is 390 cm³/mol. The van der Waals surface area contributed by atoms with Gasteiger partial charge in [-0.15, -0.1) is 0 Å². The molecule has 43 heteroatoms. The van der Waals surface area contributed by atoms with Crippen molar-refractivity contribution in [1.82, 2.24) is 0 Å². The lowest BCUT2D eigenvalue weighted by Crippen LogP contribution is -2.50. The summed E-state index contributed by atoms with van der Waals surface area (Å²) in [6.07, 6.45) is -4.69. The smallest absolute Gasteiger partial charge is 0.404 e. The summed E-state index contributed by atoms with van der Waals surface area (Å²) in [6.45, 7) is 17.5. The number of halogens is 15. The highest BCUT2D eigenvalue weighted by Crippen LogP contribution is 2.69. The van der Waals surface area contributed by atoms with Gasteiger partial charge in [0, 0.05) is 118 Å². The van der Waals surface area contributed by atoms with Crippen molar-refractivity contribution in [3.8, 4) is 0 Å². The van der Waals surface area contributed by atoms with Crippen LogP contribution in [0.1, 0.15) is 187 Å². The third-order valence-electron chi connectivity index (χ3n) is 31.4. The van der Waals surface area contributed by atoms with Crippen LogP contribution in [0.4, 0.5) is 65.9 Å². The molecule has 0 aromatic carbocycles. The molecule has 128 heavy (non-hydrogen) atoms. The van der Waals surface area contributed by atoms with E-state index < -0.39 is 179 Å². The Morgan fingerprint density at radius 1 is 0.359 bits per heavy atom. The molecule has 0 spiro atoms. The van der Waals surface area contributed by atoms with E-state index in [-0.39, 0.29) is 159 Å². The number of fused-ring (bicyclic) bond motifs is 8. The van der Waals surface area contributed by atoms with E-state index in [4.69, 9.17) is 66.3 Å². The summed E-state index contributed by atoms with van der Waals surface area (Å²) in [6, 6.07) is 0. The summed E-state index contributed by atoms with van der Waals surface area (Å²) < 4.78 is 263. The number of ether oxygens (including phenoxy) is 14. The lowest BCUT2D eigenvalue weighted by Gasteiger charge is -2.37. The minimum absolute atomic E-state index is 0.00159. The lowest BCUT2D eigenvalue weighted by molar-refractivity contribution is -0.230. The summed E-state index contributed by atoms with van der Waals surface area (Å²) in [5.74, 6) is -35.0. The van der Waals surface area contributed by atoms with E-state index in [2.05, 4.69) is 0 Å². The highest BCUT2D eigenvalue weighted by atomic mass is 19.4. The van der Waals surface area contributed by atoms with E-state index in [9.17, 15) is 133 Å². The van der Waals surface area contributed by atoms with Crippen LogP contribution in [0.3, 0.4) is 0 Å². The van der Waals surface area contributed by atoms with E-state index >= 15 is 0 Å². The molecule has 0 N–H and O–H groups in total. The first-order chi connectivity index (χ1) is 58.5. The van der Waals surface area contributed by atoms with Gasteiger partial charge in [0.05, 0.1) is 41.4 Å². The molecule has 0 aromatic rings. The maximum Gasteiger partial charge on any atom is 0.404 e. The fourth-order valence-corrected chi connectivity index (χ4v) is 24.8. The van der Waals surface area contributed by atoms with Crippen LogP contribution in [0.2, 0.25) is 0 Å². The molecule has 33 unspecified atom stereocenters. The minimum atomic E-state index is -4.67. The predicted octanol–water partition coefficient (Wildman–Crippen LogP) is 11.5. The fourth-order valence-electron chi connectivity index (χ4n) is 24.8. The average molecular weight is 1860 g/mol. The van der Waals surface area contributed by atoms with Crippen molar-refractivity contribution >= 4 is 83.6 Å². The van der Waals surface area contributed by atoms with Crippen molar-refractivity contribution in [3.63, 3.8) is 0 Å². The number of rotatable bonds is 14. The number of hydrogen-bond acceptors (Lipinski definition) is 28. The Hall–Kier alpha value is -8.47. The molecule has 7 saturated heterocycles. The van der Waals surface area contributed by atoms with Gasteiger partial charge in [-0.25, -0.2) is 28.8 Å². The number of esters is 14. The molecule has 7 aliphatic heterocycles. The van der Waals surface area contributed by atoms with Gasteiger partial charge in [-0.05, 0) is 116 Å². The molecule has 13 saturated carbocycles. The van der Waals surface area contributed by atoms with Crippen LogP contribution < -0.4 is 0 Å². The second-order valence-corrected chi connectivity index (χ2v) is 41.1. The normalized spacial score (nSPS) is 41.9. The van der Waals surface area contributed by atoms with Gasteiger partial charge in [0.15, 0.2) is 5.41 Å². The van der Waals surface area contributed by atoms with Gasteiger partial charge in [-0.2, -0.15) is 65.9 Å². The van der Waals surface area contributed by atoms with Crippen LogP contribution in [0.5, 0.6) is 0 Å². The molecule has 28 nitrogen and oxygen atoms in total. The maximum atomic E-state index is 12.9. The average Bonchev–Trinajstić information content (AvgIpc) is 1.53. The SMILES string of the molecule is CC(C)(C(=O)OC1CCC2CC1OC2=O)C(F)(F)F.CC(F)(F)C(=O)OC1(C)C2CC3C(=O)OC1C3C2.CC(F)(F)C(=O)OC1C2CC3C(=O)OC1(C)C3C2.CC(F)(F)C(=O)OC1C2CC3C(=O)OC1C3C2.CC(F)(F)C(=O)OC1C2OC(=O)C3C2CC1C3(C)C.CC(F)(F)C(=O)OC1C2OC(=O)C3CC1(C)CC32.CC(F)(F)C(=O)OC1C2OC(=O)C3CC1C(C)(C)C32. The van der Waals surface area contributed by atoms with Crippen LogP contribution in [0, 0.1) is 128 Å². The Morgan fingerprint density at radius 2 is 0.836 bits per heavy atom. The van der Waals surface area contributed by atoms with E-state index in [1.807, 2.05) is 34.6 Å². The molecule has 714 valence electrons. The van der Waals surface area contributed by atoms with Crippen LogP contribution in [-0.4, -0.2) is 210 Å². The topological polar surface area (TPSA) is 368 Å². The lowest BCUT2D eigenvalue weighted by atomic mass is 9.68. The zero-order chi connectivity index (χ0) is 95.0. The standard InChI is InChI=1S/2C13H16F2O4.C12H15F3O4.3C12H14F2O4.C11H12F2O4/c1-12(2)6-4-5-7(12)9(18-10(5)16)8(6)19-11(17)13(3,14)15;1-12(2)6-4-5-7(12)10(16)18-8(5)9(6)19-11(17)13(3,14)15;1-11(2,12(13,14)15)10(17)19-7-4-3-6-5-8(7)18-9(6)16;1-11-3-5-6(4-11)9(15)17-7(5)8(11)18-10(16)12(2,13)14;1-11(18-10(16)12(2,13)14)5-3-6-7(4-5)9(15)17-8(6)11;1-11-7-4-5(3-6(7)9(15)18-11)8(11)17-10(16)12(2,13)14;1-11(12,13)10(15)17-7-4-2-5-6(3-4)9(14)16-8(5)7/h2*5-9H,4H2,1-3H3;6-8H,3-5H2,1-2H3;3*5-8H,3-4H2,1-2H3;4-8H,2-3H2,1H3. The third kappa shape index (κ3) is 16.2. The second kappa shape index (κ2) is 31.4. The largest absolute Gasteiger partial charge is 0.458 e. The first-order valence-corrected chi connectivity index (χ1v) is 42.8. The highest BCUT2D eigenvalue weighted by molar-refractivity contribution is 5.85. The Labute approximate surface area is 722 Å². The summed E-state index contributed by atoms with van der Waals surface area (Å²) in [5, 5.41) is 0. The molecule has 33 atom stereocenters. The zero-order valence-corrected chi connectivity index (χ0v) is 72.1. The molecule has 20 rings (SSSR count). The van der Waals surface area contributed by atoms with Gasteiger partial charge in [-0.3, -0.25) is 38.4 Å². The molecule has 20 fully saturated rings. The first-order valence-electron chi connectivity index (χ1n) is 42.8. The van der Waals surface area contributed by atoms with E-state index in [1.165, 1.54) is 0 Å². The molecule has 0 radical (unpaired) electrons. The second-order valence-electron chi connectivity index (χ2n) is 41.1. The van der Waals surface area contributed by atoms with E-state index in [0.29, 0.717) is 119 Å². The Kier molecular flexibility index (Phi) is 23.4. The van der Waals surface area contributed by atoms with Crippen molar-refractivity contribution in [2.24, 2.45) is 128 Å². The van der Waals surface area contributed by atoms with Crippen LogP contribution >= 0.6 is 0 Å². The Bertz CT molecular complexity index is 4500. The van der Waals surface area contributed by atoms with Crippen molar-refractivity contribution in [2.45, 2.75) is 313 Å². The van der Waals surface area contributed by atoms with E-state index in [0.717, 1.165) is 20.3 Å². The Balaban J connectivity index is 0.000000121. The molecule has 14 bridgehead atoms. The van der Waals surface area contributed by atoms with Crippen LogP contribution in [-0.2, 0) is 133 Å². The van der Waals surface area contributed by atoms with Crippen molar-refractivity contribution in [1.29, 1.82) is 0 Å². The summed E-state index contributed by atoms with van der Waals surface area (Å²) in [7, 11) is 0. The fraction of sp³-hybridized carbons (Fsp3) is 0.835. The minimum Gasteiger partial charge on any atom is -0.458 e. The molecule has 7 heterocycles. The van der Waals surface area contributed by atoms with Gasteiger partial charge >= 0.3 is 125 Å². The highest BCUT2D eigenvalue weighted by Gasteiger charge is 2.77. The van der Waals surface area contributed by atoms with Gasteiger partial charge in [0.25, 0.3) is 0 Å². The van der Waals surface area contributed by atoms with Gasteiger partial charge in [0.2, 0.25) is 0 Å². The van der Waals surface area contributed by atoms with Crippen LogP contribution in [0.25, 0.3) is 0 Å². The van der Waals surface area contributed by atoms with Crippen molar-refractivity contribution in [3.05, 3.63) is 0 Å². The van der Waals surface area contributed by atoms with Crippen molar-refractivity contribution < 1.29 is 199 Å². The number of carbonyl (C=O) groups is 14. The van der Waals surface area contributed by atoms with Gasteiger partial charge < -0.3 is 66.3 Å². The summed E-state index contributed by atoms with van der Waals surface area (Å²) in [5.41, 5.74) is -5.58. The quantitative estimate of drug-likeness (QED) is 0.0885. The first kappa shape index (κ1) is 95.6. The monoisotopic (exact) mass is 1850 g/mol. The molecular formula is C85H101F15O28. The number of hydrogen-bond donors (Lipinski definition) is 0. The van der Waals surface area contributed by atoms with Crippen molar-refractivity contribution in [2.75, 3.05) is 0 Å². The van der Waals surface area contributed by atoms with Gasteiger partial charge in [0.1, 0.15) is 84.4 Å². The molecule has 0 amide bonds. The number of alkyl halides is 15.